The summed E-state index contributed by atoms with van der Waals surface area (Å²) < 4.78 is 2.65. The monoisotopic (exact) mass is 446 g/mol. The second-order valence-electron chi connectivity index (χ2n) is 5.97. The summed E-state index contributed by atoms with van der Waals surface area (Å²) in [6.45, 7) is 2.18. The normalized spacial score (nSPS) is 10.6. The first-order chi connectivity index (χ1) is 13.0. The molecule has 0 aliphatic rings. The quantitative estimate of drug-likeness (QED) is 0.600. The maximum Gasteiger partial charge on any atom is 0.261 e. The van der Waals surface area contributed by atoms with Crippen LogP contribution in [0.4, 0.5) is 5.82 Å². The van der Waals surface area contributed by atoms with Gasteiger partial charge in [-0.25, -0.2) is 0 Å². The average Bonchev–Trinajstić information content (AvgIpc) is 3.25. The van der Waals surface area contributed by atoms with Gasteiger partial charge in [-0.3, -0.25) is 14.3 Å². The predicted octanol–water partition coefficient (Wildman–Crippen LogP) is 3.98. The summed E-state index contributed by atoms with van der Waals surface area (Å²) in [5, 5.41) is 11.9. The number of rotatable bonds is 6. The molecule has 0 spiro atoms. The zero-order valence-electron chi connectivity index (χ0n) is 15.0. The van der Waals surface area contributed by atoms with Crippen LogP contribution in [0.5, 0.6) is 0 Å². The van der Waals surface area contributed by atoms with Crippen LogP contribution in [0.15, 0.2) is 46.3 Å². The van der Waals surface area contributed by atoms with Crippen molar-refractivity contribution in [1.29, 1.82) is 0 Å². The van der Waals surface area contributed by atoms with Crippen LogP contribution in [-0.2, 0) is 11.8 Å². The number of hydrogen-bond donors (Lipinski definition) is 2. The third-order valence-electron chi connectivity index (χ3n) is 4.00. The fourth-order valence-corrected chi connectivity index (χ4v) is 3.65. The number of amides is 2. The van der Waals surface area contributed by atoms with E-state index in [-0.39, 0.29) is 24.8 Å². The molecule has 0 aliphatic carbocycles. The highest BCUT2D eigenvalue weighted by atomic mass is 79.9. The van der Waals surface area contributed by atoms with Gasteiger partial charge in [0.05, 0.1) is 10.6 Å². The van der Waals surface area contributed by atoms with Gasteiger partial charge in [0.1, 0.15) is 5.82 Å². The lowest BCUT2D eigenvalue weighted by Crippen LogP contribution is -2.27. The van der Waals surface area contributed by atoms with E-state index < -0.39 is 0 Å². The van der Waals surface area contributed by atoms with Crippen molar-refractivity contribution in [1.82, 2.24) is 15.1 Å². The van der Waals surface area contributed by atoms with Crippen LogP contribution in [0.3, 0.4) is 0 Å². The molecule has 2 amide bonds. The fraction of sp³-hybridized carbons (Fsp3) is 0.211. The van der Waals surface area contributed by atoms with Crippen LogP contribution < -0.4 is 10.6 Å². The van der Waals surface area contributed by atoms with E-state index in [1.54, 1.807) is 17.8 Å². The van der Waals surface area contributed by atoms with Crippen molar-refractivity contribution < 1.29 is 9.59 Å². The third kappa shape index (κ3) is 4.64. The molecular weight excluding hydrogens is 428 g/mol. The molecule has 0 unspecified atom stereocenters. The number of carbonyl (C=O) groups excluding carboxylic acids is 2. The van der Waals surface area contributed by atoms with E-state index in [9.17, 15) is 9.59 Å². The summed E-state index contributed by atoms with van der Waals surface area (Å²) in [4.78, 5) is 24.9. The summed E-state index contributed by atoms with van der Waals surface area (Å²) in [7, 11) is 1.80. The number of aryl methyl sites for hydroxylation is 2. The molecule has 2 aromatic heterocycles. The highest BCUT2D eigenvalue weighted by Crippen LogP contribution is 2.31. The Bertz CT molecular complexity index is 949. The van der Waals surface area contributed by atoms with Crippen molar-refractivity contribution in [3.63, 3.8) is 0 Å². The van der Waals surface area contributed by atoms with Crippen LogP contribution in [0.25, 0.3) is 11.1 Å². The Kier molecular flexibility index (Phi) is 6.08. The topological polar surface area (TPSA) is 76.0 Å². The molecule has 140 valence electrons. The molecule has 27 heavy (non-hydrogen) atoms. The van der Waals surface area contributed by atoms with Crippen molar-refractivity contribution in [2.45, 2.75) is 13.3 Å². The number of halogens is 1. The van der Waals surface area contributed by atoms with Crippen molar-refractivity contribution in [3.05, 3.63) is 56.8 Å². The number of nitrogens with zero attached hydrogens (tertiary/aromatic N) is 2. The Hall–Kier alpha value is -2.45. The number of nitrogens with one attached hydrogen (secondary N) is 2. The van der Waals surface area contributed by atoms with Gasteiger partial charge in [-0.1, -0.05) is 34.1 Å². The van der Waals surface area contributed by atoms with Gasteiger partial charge in [0, 0.05) is 30.0 Å². The summed E-state index contributed by atoms with van der Waals surface area (Å²) in [6, 6.07) is 11.4. The molecule has 0 fully saturated rings. The molecule has 6 nitrogen and oxygen atoms in total. The Morgan fingerprint density at radius 3 is 2.63 bits per heavy atom. The van der Waals surface area contributed by atoms with Crippen LogP contribution in [0.2, 0.25) is 0 Å². The van der Waals surface area contributed by atoms with E-state index in [0.717, 1.165) is 21.3 Å². The summed E-state index contributed by atoms with van der Waals surface area (Å²) >= 11 is 4.80. The van der Waals surface area contributed by atoms with E-state index in [4.69, 9.17) is 0 Å². The van der Waals surface area contributed by atoms with Crippen molar-refractivity contribution in [2.75, 3.05) is 11.9 Å². The number of benzene rings is 1. The smallest absolute Gasteiger partial charge is 0.261 e. The molecule has 0 atom stereocenters. The minimum absolute atomic E-state index is 0.162. The Balaban J connectivity index is 1.65. The molecule has 8 heteroatoms. The third-order valence-corrected chi connectivity index (χ3v) is 5.39. The van der Waals surface area contributed by atoms with Gasteiger partial charge < -0.3 is 10.6 Å². The highest BCUT2D eigenvalue weighted by Gasteiger charge is 2.17. The zero-order valence-corrected chi connectivity index (χ0v) is 17.4. The van der Waals surface area contributed by atoms with Gasteiger partial charge >= 0.3 is 0 Å². The first kappa shape index (κ1) is 19.3. The van der Waals surface area contributed by atoms with Crippen molar-refractivity contribution in [3.8, 4) is 11.1 Å². The zero-order chi connectivity index (χ0) is 19.4. The maximum atomic E-state index is 12.4. The molecule has 0 saturated heterocycles. The van der Waals surface area contributed by atoms with Gasteiger partial charge in [0.2, 0.25) is 5.91 Å². The van der Waals surface area contributed by atoms with Gasteiger partial charge in [0.15, 0.2) is 0 Å². The van der Waals surface area contributed by atoms with Crippen LogP contribution in [0, 0.1) is 6.92 Å². The molecule has 3 rings (SSSR count). The van der Waals surface area contributed by atoms with E-state index in [1.165, 1.54) is 11.3 Å². The largest absolute Gasteiger partial charge is 0.351 e. The van der Waals surface area contributed by atoms with E-state index in [0.29, 0.717) is 10.7 Å². The van der Waals surface area contributed by atoms with Crippen molar-refractivity contribution in [2.24, 2.45) is 7.05 Å². The number of carbonyl (C=O) groups is 2. The number of thiophene rings is 1. The molecular formula is C19H19BrN4O2S. The Labute approximate surface area is 169 Å². The number of anilines is 1. The van der Waals surface area contributed by atoms with Gasteiger partial charge in [0.25, 0.3) is 5.91 Å². The minimum atomic E-state index is -0.178. The molecule has 0 radical (unpaired) electrons. The standard InChI is InChI=1S/C19H19BrN4O2S/c1-12-17(13-5-7-14(20)8-6-13)18(24(2)23-12)22-16(25)9-10-21-19(26)15-4-3-11-27-15/h3-8,11H,9-10H2,1-2H3,(H,21,26)(H,22,25). The lowest BCUT2D eigenvalue weighted by molar-refractivity contribution is -0.116. The van der Waals surface area contributed by atoms with E-state index in [2.05, 4.69) is 31.7 Å². The highest BCUT2D eigenvalue weighted by molar-refractivity contribution is 9.10. The maximum absolute atomic E-state index is 12.4. The van der Waals surface area contributed by atoms with Crippen LogP contribution in [-0.4, -0.2) is 28.1 Å². The molecule has 2 heterocycles. The lowest BCUT2D eigenvalue weighted by Gasteiger charge is -2.10. The fourth-order valence-electron chi connectivity index (χ4n) is 2.74. The van der Waals surface area contributed by atoms with Crippen molar-refractivity contribution >= 4 is 44.9 Å². The van der Waals surface area contributed by atoms with Gasteiger partial charge in [-0.15, -0.1) is 11.3 Å². The lowest BCUT2D eigenvalue weighted by atomic mass is 10.1. The second-order valence-corrected chi connectivity index (χ2v) is 7.83. The molecule has 3 aromatic rings. The first-order valence-corrected chi connectivity index (χ1v) is 10.0. The van der Waals surface area contributed by atoms with E-state index >= 15 is 0 Å². The second kappa shape index (κ2) is 8.49. The van der Waals surface area contributed by atoms with Crippen LogP contribution in [0.1, 0.15) is 21.8 Å². The summed E-state index contributed by atoms with van der Waals surface area (Å²) in [6.07, 6.45) is 0.182. The van der Waals surface area contributed by atoms with Gasteiger partial charge in [-0.2, -0.15) is 5.10 Å². The summed E-state index contributed by atoms with van der Waals surface area (Å²) in [5.41, 5.74) is 2.70. The van der Waals surface area contributed by atoms with Gasteiger partial charge in [-0.05, 0) is 36.1 Å². The predicted molar refractivity (Wildman–Crippen MR) is 111 cm³/mol. The number of aromatic nitrogens is 2. The molecule has 0 aliphatic heterocycles. The molecule has 1 aromatic carbocycles. The number of hydrogen-bond acceptors (Lipinski definition) is 4. The molecule has 0 bridgehead atoms. The first-order valence-electron chi connectivity index (χ1n) is 8.37. The minimum Gasteiger partial charge on any atom is -0.351 e. The molecule has 0 saturated carbocycles. The van der Waals surface area contributed by atoms with E-state index in [1.807, 2.05) is 42.6 Å². The average molecular weight is 447 g/mol. The Morgan fingerprint density at radius 1 is 1.22 bits per heavy atom. The molecule has 2 N–H and O–H groups in total. The SMILES string of the molecule is Cc1nn(C)c(NC(=O)CCNC(=O)c2cccs2)c1-c1ccc(Br)cc1. The Morgan fingerprint density at radius 2 is 1.96 bits per heavy atom. The van der Waals surface area contributed by atoms with Crippen LogP contribution >= 0.6 is 27.3 Å². The summed E-state index contributed by atoms with van der Waals surface area (Å²) in [5.74, 6) is 0.303.